The molecule has 150 valence electrons. The zero-order valence-electron chi connectivity index (χ0n) is 16.8. The Balaban J connectivity index is 1.50. The van der Waals surface area contributed by atoms with Crippen molar-refractivity contribution in [3.05, 3.63) is 89.9 Å². The SMILES string of the molecule is COc1ccccc1N1C=C(COCc2ccccc2)C(Cc2ccn(C)n2)N1. The molecule has 0 saturated heterocycles. The monoisotopic (exact) mass is 390 g/mol. The summed E-state index contributed by atoms with van der Waals surface area (Å²) in [5.74, 6) is 0.819. The first-order valence-corrected chi connectivity index (χ1v) is 9.72. The Hall–Kier alpha value is -3.09. The highest BCUT2D eigenvalue weighted by molar-refractivity contribution is 5.61. The van der Waals surface area contributed by atoms with Crippen molar-refractivity contribution in [1.29, 1.82) is 0 Å². The Labute approximate surface area is 171 Å². The van der Waals surface area contributed by atoms with E-state index < -0.39 is 0 Å². The normalized spacial score (nSPS) is 16.1. The number of aromatic nitrogens is 2. The van der Waals surface area contributed by atoms with Crippen LogP contribution in [0.15, 0.2) is 78.6 Å². The number of hydrogen-bond acceptors (Lipinski definition) is 5. The molecule has 0 amide bonds. The van der Waals surface area contributed by atoms with Crippen molar-refractivity contribution < 1.29 is 9.47 Å². The molecule has 1 aliphatic rings. The van der Waals surface area contributed by atoms with Crippen molar-refractivity contribution in [3.63, 3.8) is 0 Å². The standard InChI is InChI=1S/C23H26N4O2/c1-26-13-12-20(24-26)14-21-19(17-29-16-18-8-4-3-5-9-18)15-27(25-21)22-10-6-7-11-23(22)28-2/h3-13,15,21,25H,14,16-17H2,1-2H3. The minimum atomic E-state index is 0.102. The minimum absolute atomic E-state index is 0.102. The summed E-state index contributed by atoms with van der Waals surface area (Å²) in [5, 5.41) is 6.55. The molecule has 2 aromatic carbocycles. The third-order valence-electron chi connectivity index (χ3n) is 4.94. The second-order valence-electron chi connectivity index (χ2n) is 7.09. The van der Waals surface area contributed by atoms with Gasteiger partial charge in [-0.25, -0.2) is 5.43 Å². The first kappa shape index (κ1) is 19.2. The zero-order valence-corrected chi connectivity index (χ0v) is 16.8. The van der Waals surface area contributed by atoms with Gasteiger partial charge in [-0.05, 0) is 29.3 Å². The molecule has 0 aliphatic carbocycles. The maximum atomic E-state index is 6.03. The molecule has 29 heavy (non-hydrogen) atoms. The molecule has 6 heteroatoms. The van der Waals surface area contributed by atoms with Gasteiger partial charge in [-0.2, -0.15) is 5.10 Å². The number of hydrazine groups is 1. The Morgan fingerprint density at radius 2 is 1.79 bits per heavy atom. The number of hydrogen-bond donors (Lipinski definition) is 1. The molecule has 1 atom stereocenters. The molecule has 1 aliphatic heterocycles. The number of ether oxygens (including phenoxy) is 2. The van der Waals surface area contributed by atoms with Crippen LogP contribution >= 0.6 is 0 Å². The van der Waals surface area contributed by atoms with Crippen LogP contribution in [-0.2, 0) is 24.8 Å². The Kier molecular flexibility index (Phi) is 5.93. The third-order valence-corrected chi connectivity index (χ3v) is 4.94. The Bertz CT molecular complexity index is 968. The molecular weight excluding hydrogens is 364 g/mol. The van der Waals surface area contributed by atoms with Gasteiger partial charge in [0.15, 0.2) is 0 Å². The van der Waals surface area contributed by atoms with Crippen molar-refractivity contribution in [2.24, 2.45) is 7.05 Å². The van der Waals surface area contributed by atoms with E-state index in [0.29, 0.717) is 13.2 Å². The lowest BCUT2D eigenvalue weighted by atomic mass is 10.1. The Morgan fingerprint density at radius 1 is 1.00 bits per heavy atom. The number of para-hydroxylation sites is 2. The fraction of sp³-hybridized carbons (Fsp3) is 0.261. The van der Waals surface area contributed by atoms with Gasteiger partial charge in [-0.3, -0.25) is 9.69 Å². The summed E-state index contributed by atoms with van der Waals surface area (Å²) in [6.07, 6.45) is 4.86. The van der Waals surface area contributed by atoms with Crippen LogP contribution in [0.25, 0.3) is 0 Å². The van der Waals surface area contributed by atoms with E-state index in [9.17, 15) is 0 Å². The Morgan fingerprint density at radius 3 is 2.55 bits per heavy atom. The van der Waals surface area contributed by atoms with E-state index in [2.05, 4.69) is 34.9 Å². The molecule has 1 N–H and O–H groups in total. The van der Waals surface area contributed by atoms with E-state index in [0.717, 1.165) is 23.6 Å². The van der Waals surface area contributed by atoms with Gasteiger partial charge in [0.05, 0.1) is 37.7 Å². The molecule has 0 bridgehead atoms. The van der Waals surface area contributed by atoms with Crippen LogP contribution in [0.3, 0.4) is 0 Å². The number of aryl methyl sites for hydroxylation is 1. The molecule has 1 aromatic heterocycles. The predicted molar refractivity (Wildman–Crippen MR) is 113 cm³/mol. The van der Waals surface area contributed by atoms with Gasteiger partial charge in [-0.1, -0.05) is 42.5 Å². The van der Waals surface area contributed by atoms with Gasteiger partial charge in [0.25, 0.3) is 0 Å². The summed E-state index contributed by atoms with van der Waals surface area (Å²) in [6, 6.07) is 20.4. The molecule has 3 aromatic rings. The van der Waals surface area contributed by atoms with Crippen molar-refractivity contribution in [3.8, 4) is 5.75 Å². The highest BCUT2D eigenvalue weighted by atomic mass is 16.5. The average Bonchev–Trinajstić information content (AvgIpc) is 3.35. The summed E-state index contributed by atoms with van der Waals surface area (Å²) in [5.41, 5.74) is 7.93. The molecule has 0 fully saturated rings. The molecule has 6 nitrogen and oxygen atoms in total. The van der Waals surface area contributed by atoms with Crippen LogP contribution in [0.4, 0.5) is 5.69 Å². The van der Waals surface area contributed by atoms with Crippen LogP contribution in [-0.4, -0.2) is 29.5 Å². The molecule has 1 unspecified atom stereocenters. The third kappa shape index (κ3) is 4.67. The van der Waals surface area contributed by atoms with Crippen molar-refractivity contribution in [2.45, 2.75) is 19.1 Å². The number of benzene rings is 2. The first-order chi connectivity index (χ1) is 14.2. The van der Waals surface area contributed by atoms with Gasteiger partial charge < -0.3 is 9.47 Å². The number of nitrogens with one attached hydrogen (secondary N) is 1. The number of rotatable bonds is 8. The maximum Gasteiger partial charge on any atom is 0.143 e. The molecular formula is C23H26N4O2. The van der Waals surface area contributed by atoms with Gasteiger partial charge >= 0.3 is 0 Å². The van der Waals surface area contributed by atoms with Gasteiger partial charge in [-0.15, -0.1) is 0 Å². The van der Waals surface area contributed by atoms with Crippen molar-refractivity contribution in [1.82, 2.24) is 15.2 Å². The number of methoxy groups -OCH3 is 1. The first-order valence-electron chi connectivity index (χ1n) is 9.72. The second-order valence-corrected chi connectivity index (χ2v) is 7.09. The molecule has 0 radical (unpaired) electrons. The summed E-state index contributed by atoms with van der Waals surface area (Å²) >= 11 is 0. The van der Waals surface area contributed by atoms with Crippen LogP contribution < -0.4 is 15.2 Å². The molecule has 2 heterocycles. The highest BCUT2D eigenvalue weighted by Gasteiger charge is 2.27. The molecule has 0 spiro atoms. The smallest absolute Gasteiger partial charge is 0.143 e. The van der Waals surface area contributed by atoms with Gasteiger partial charge in [0.2, 0.25) is 0 Å². The fourth-order valence-corrected chi connectivity index (χ4v) is 3.47. The lowest BCUT2D eigenvalue weighted by Gasteiger charge is -2.22. The van der Waals surface area contributed by atoms with E-state index in [4.69, 9.17) is 9.47 Å². The number of nitrogens with zero attached hydrogens (tertiary/aromatic N) is 3. The lowest BCUT2D eigenvalue weighted by Crippen LogP contribution is -2.38. The van der Waals surface area contributed by atoms with Crippen LogP contribution in [0.5, 0.6) is 5.75 Å². The quantitative estimate of drug-likeness (QED) is 0.638. The van der Waals surface area contributed by atoms with Gasteiger partial charge in [0, 0.05) is 25.9 Å². The summed E-state index contributed by atoms with van der Waals surface area (Å²) in [4.78, 5) is 0. The van der Waals surface area contributed by atoms with Gasteiger partial charge in [0.1, 0.15) is 5.75 Å². The largest absolute Gasteiger partial charge is 0.495 e. The van der Waals surface area contributed by atoms with E-state index in [1.165, 1.54) is 11.1 Å². The second kappa shape index (κ2) is 8.94. The predicted octanol–water partition coefficient (Wildman–Crippen LogP) is 3.47. The van der Waals surface area contributed by atoms with Crippen molar-refractivity contribution >= 4 is 5.69 Å². The van der Waals surface area contributed by atoms with E-state index >= 15 is 0 Å². The lowest BCUT2D eigenvalue weighted by molar-refractivity contribution is 0.139. The molecule has 4 rings (SSSR count). The molecule has 0 saturated carbocycles. The highest BCUT2D eigenvalue weighted by Crippen LogP contribution is 2.30. The summed E-state index contributed by atoms with van der Waals surface area (Å²) in [6.45, 7) is 1.13. The fourth-order valence-electron chi connectivity index (χ4n) is 3.47. The van der Waals surface area contributed by atoms with Crippen LogP contribution in [0.2, 0.25) is 0 Å². The minimum Gasteiger partial charge on any atom is -0.495 e. The zero-order chi connectivity index (χ0) is 20.1. The maximum absolute atomic E-state index is 6.03. The van der Waals surface area contributed by atoms with Crippen LogP contribution in [0, 0.1) is 0 Å². The van der Waals surface area contributed by atoms with E-state index in [1.807, 2.05) is 65.4 Å². The topological polar surface area (TPSA) is 51.6 Å². The summed E-state index contributed by atoms with van der Waals surface area (Å²) < 4.78 is 13.4. The van der Waals surface area contributed by atoms with Crippen LogP contribution in [0.1, 0.15) is 11.3 Å². The van der Waals surface area contributed by atoms with Crippen molar-refractivity contribution in [2.75, 3.05) is 18.7 Å². The number of anilines is 1. The average molecular weight is 390 g/mol. The van der Waals surface area contributed by atoms with E-state index in [-0.39, 0.29) is 6.04 Å². The summed E-state index contributed by atoms with van der Waals surface area (Å²) in [7, 11) is 3.63. The van der Waals surface area contributed by atoms with E-state index in [1.54, 1.807) is 7.11 Å².